The number of alkyl halides is 2. The van der Waals surface area contributed by atoms with Gasteiger partial charge in [0.25, 0.3) is 0 Å². The minimum absolute atomic E-state index is 0.243. The zero-order valence-electron chi connectivity index (χ0n) is 16.3. The Balaban J connectivity index is 1.98. The van der Waals surface area contributed by atoms with Gasteiger partial charge < -0.3 is 11.6 Å². The van der Waals surface area contributed by atoms with Gasteiger partial charge in [0.2, 0.25) is 0 Å². The van der Waals surface area contributed by atoms with E-state index < -0.39 is 6.80 Å². The number of hydrogen-bond acceptors (Lipinski definition) is 7. The van der Waals surface area contributed by atoms with Crippen LogP contribution in [0.5, 0.6) is 0 Å². The minimum atomic E-state index is -0.878. The summed E-state index contributed by atoms with van der Waals surface area (Å²) in [4.78, 5) is 17.2. The molecule has 0 amide bonds. The molecule has 0 radical (unpaired) electrons. The van der Waals surface area contributed by atoms with E-state index in [-0.39, 0.29) is 5.71 Å². The van der Waals surface area contributed by atoms with Crippen molar-refractivity contribution < 1.29 is 4.39 Å². The summed E-state index contributed by atoms with van der Waals surface area (Å²) in [5.41, 5.74) is 10.4. The van der Waals surface area contributed by atoms with Crippen LogP contribution in [0.1, 0.15) is 11.3 Å². The molecule has 4 N–H and O–H groups in total. The van der Waals surface area contributed by atoms with Crippen LogP contribution in [0.15, 0.2) is 64.8 Å². The van der Waals surface area contributed by atoms with Crippen molar-refractivity contribution in [1.82, 2.24) is 19.5 Å². The van der Waals surface area contributed by atoms with Crippen molar-refractivity contribution in [3.8, 4) is 17.1 Å². The van der Waals surface area contributed by atoms with Crippen LogP contribution in [0.4, 0.5) is 10.2 Å². The maximum Gasteiger partial charge on any atom is 0.179 e. The summed E-state index contributed by atoms with van der Waals surface area (Å²) in [7, 11) is 0. The van der Waals surface area contributed by atoms with Gasteiger partial charge in [0.05, 0.1) is 17.5 Å². The van der Waals surface area contributed by atoms with Crippen LogP contribution in [-0.2, 0) is 5.88 Å². The Morgan fingerprint density at radius 3 is 2.61 bits per heavy atom. The monoisotopic (exact) mass is 436 g/mol. The summed E-state index contributed by atoms with van der Waals surface area (Å²) in [5.74, 6) is 6.78. The maximum atomic E-state index is 12.5. The molecule has 1 aromatic carbocycles. The standard InChI is InChI=1S/C21H18ClFN8/c22-10-13-3-5-14(6-4-13)31-20(15-2-1-9-27-19(15)24)29-17-8-7-16(28-21(17)31)18(30-25)11-26-12-23/h1-9,11H,10,12,25H2,(H2,24,27)/b26-11+,30-18+. The van der Waals surface area contributed by atoms with Crippen molar-refractivity contribution in [2.75, 3.05) is 12.5 Å². The molecule has 8 nitrogen and oxygen atoms in total. The predicted molar refractivity (Wildman–Crippen MR) is 121 cm³/mol. The second kappa shape index (κ2) is 8.88. The molecule has 0 atom stereocenters. The zero-order valence-corrected chi connectivity index (χ0v) is 17.0. The highest BCUT2D eigenvalue weighted by molar-refractivity contribution is 6.37. The molecule has 0 unspecified atom stereocenters. The van der Waals surface area contributed by atoms with Crippen LogP contribution >= 0.6 is 11.6 Å². The number of hydrogen-bond donors (Lipinski definition) is 2. The van der Waals surface area contributed by atoms with Crippen LogP contribution in [0.2, 0.25) is 0 Å². The van der Waals surface area contributed by atoms with E-state index in [0.29, 0.717) is 39.9 Å². The highest BCUT2D eigenvalue weighted by atomic mass is 35.5. The lowest BCUT2D eigenvalue weighted by Gasteiger charge is -2.11. The van der Waals surface area contributed by atoms with Crippen molar-refractivity contribution in [1.29, 1.82) is 0 Å². The fourth-order valence-electron chi connectivity index (χ4n) is 3.15. The number of imidazole rings is 1. The summed E-state index contributed by atoms with van der Waals surface area (Å²) in [6.45, 7) is -0.878. The molecule has 0 bridgehead atoms. The van der Waals surface area contributed by atoms with Gasteiger partial charge in [0.1, 0.15) is 17.0 Å². The Hall–Kier alpha value is -3.85. The molecule has 10 heteroatoms. The molecule has 0 fully saturated rings. The average Bonchev–Trinajstić information content (AvgIpc) is 3.18. The number of nitrogens with two attached hydrogens (primary N) is 2. The summed E-state index contributed by atoms with van der Waals surface area (Å²) < 4.78 is 14.3. The second-order valence-corrected chi connectivity index (χ2v) is 6.76. The van der Waals surface area contributed by atoms with Gasteiger partial charge in [-0.2, -0.15) is 5.10 Å². The molecule has 0 saturated carbocycles. The van der Waals surface area contributed by atoms with Gasteiger partial charge in [-0.15, -0.1) is 11.6 Å². The van der Waals surface area contributed by atoms with E-state index in [1.165, 1.54) is 6.21 Å². The molecule has 3 heterocycles. The van der Waals surface area contributed by atoms with E-state index in [1.54, 1.807) is 24.4 Å². The minimum Gasteiger partial charge on any atom is -0.383 e. The number of halogens is 2. The van der Waals surface area contributed by atoms with Crippen LogP contribution in [0, 0.1) is 0 Å². The molecule has 0 aliphatic rings. The van der Waals surface area contributed by atoms with Gasteiger partial charge in [-0.1, -0.05) is 12.1 Å². The molecule has 156 valence electrons. The number of fused-ring (bicyclic) bond motifs is 1. The summed E-state index contributed by atoms with van der Waals surface area (Å²) in [5, 5.41) is 3.67. The van der Waals surface area contributed by atoms with Crippen LogP contribution in [-0.4, -0.2) is 38.2 Å². The maximum absolute atomic E-state index is 12.5. The lowest BCUT2D eigenvalue weighted by Crippen LogP contribution is -2.09. The highest BCUT2D eigenvalue weighted by Crippen LogP contribution is 2.30. The third kappa shape index (κ3) is 3.95. The average molecular weight is 437 g/mol. The van der Waals surface area contributed by atoms with E-state index in [1.807, 2.05) is 34.9 Å². The number of anilines is 1. The fourth-order valence-corrected chi connectivity index (χ4v) is 3.33. The van der Waals surface area contributed by atoms with E-state index in [2.05, 4.69) is 20.1 Å². The topological polar surface area (TPSA) is 120 Å². The number of hydrazone groups is 1. The molecule has 4 rings (SSSR count). The molecule has 31 heavy (non-hydrogen) atoms. The number of benzene rings is 1. The lowest BCUT2D eigenvalue weighted by molar-refractivity contribution is 0.514. The van der Waals surface area contributed by atoms with Crippen molar-refractivity contribution in [2.24, 2.45) is 15.9 Å². The van der Waals surface area contributed by atoms with Crippen molar-refractivity contribution in [3.05, 3.63) is 66.0 Å². The molecule has 3 aromatic heterocycles. The molecule has 0 aliphatic heterocycles. The molecule has 0 saturated heterocycles. The van der Waals surface area contributed by atoms with Crippen molar-refractivity contribution in [3.63, 3.8) is 0 Å². The second-order valence-electron chi connectivity index (χ2n) is 6.49. The first kappa shape index (κ1) is 20.4. The van der Waals surface area contributed by atoms with Crippen LogP contribution in [0.3, 0.4) is 0 Å². The number of nitrogens with zero attached hydrogens (tertiary/aromatic N) is 6. The summed E-state index contributed by atoms with van der Waals surface area (Å²) in [6.07, 6.45) is 2.86. The SMILES string of the molecule is N/N=C(\C=N\CF)c1ccc2nc(-c3cccnc3N)n(-c3ccc(CCl)cc3)c2n1. The van der Waals surface area contributed by atoms with Crippen molar-refractivity contribution >= 4 is 40.5 Å². The molecule has 0 spiro atoms. The Bertz CT molecular complexity index is 1280. The van der Waals surface area contributed by atoms with Gasteiger partial charge in [-0.3, -0.25) is 9.56 Å². The number of aromatic nitrogens is 4. The predicted octanol–water partition coefficient (Wildman–Crippen LogP) is 3.46. The van der Waals surface area contributed by atoms with E-state index in [0.717, 1.165) is 11.3 Å². The lowest BCUT2D eigenvalue weighted by atomic mass is 10.2. The number of pyridine rings is 2. The normalized spacial score (nSPS) is 12.1. The Morgan fingerprint density at radius 1 is 1.13 bits per heavy atom. The summed E-state index contributed by atoms with van der Waals surface area (Å²) >= 11 is 5.94. The largest absolute Gasteiger partial charge is 0.383 e. The summed E-state index contributed by atoms with van der Waals surface area (Å²) in [6, 6.07) is 14.8. The van der Waals surface area contributed by atoms with Gasteiger partial charge in [-0.05, 0) is 42.0 Å². The molecule has 4 aromatic rings. The molecule has 0 aliphatic carbocycles. The quantitative estimate of drug-likeness (QED) is 0.158. The first-order valence-corrected chi connectivity index (χ1v) is 9.79. The Labute approximate surface area is 182 Å². The van der Waals surface area contributed by atoms with E-state index >= 15 is 0 Å². The number of nitrogen functional groups attached to an aromatic ring is 1. The molecular formula is C21H18ClFN8. The third-order valence-corrected chi connectivity index (χ3v) is 4.93. The van der Waals surface area contributed by atoms with E-state index in [4.69, 9.17) is 28.2 Å². The van der Waals surface area contributed by atoms with Gasteiger partial charge in [0.15, 0.2) is 18.3 Å². The number of rotatable bonds is 6. The third-order valence-electron chi connectivity index (χ3n) is 4.62. The zero-order chi connectivity index (χ0) is 21.8. The first-order valence-electron chi connectivity index (χ1n) is 9.26. The van der Waals surface area contributed by atoms with Gasteiger partial charge in [-0.25, -0.2) is 19.3 Å². The van der Waals surface area contributed by atoms with Gasteiger partial charge in [0, 0.05) is 17.8 Å². The van der Waals surface area contributed by atoms with Gasteiger partial charge >= 0.3 is 0 Å². The van der Waals surface area contributed by atoms with Crippen LogP contribution in [0.25, 0.3) is 28.2 Å². The van der Waals surface area contributed by atoms with E-state index in [9.17, 15) is 4.39 Å². The number of aliphatic imine (C=N–C) groups is 1. The fraction of sp³-hybridized carbons (Fsp3) is 0.0952. The Kier molecular flexibility index (Phi) is 5.85. The van der Waals surface area contributed by atoms with Crippen molar-refractivity contribution in [2.45, 2.75) is 5.88 Å². The Morgan fingerprint density at radius 2 is 1.94 bits per heavy atom. The smallest absolute Gasteiger partial charge is 0.179 e. The molecular weight excluding hydrogens is 419 g/mol. The first-order chi connectivity index (χ1) is 15.2. The van der Waals surface area contributed by atoms with Crippen LogP contribution < -0.4 is 11.6 Å². The highest BCUT2D eigenvalue weighted by Gasteiger charge is 2.19.